The Hall–Kier alpha value is -5.89. The highest BCUT2D eigenvalue weighted by molar-refractivity contribution is 5.92. The van der Waals surface area contributed by atoms with E-state index in [9.17, 15) is 14.4 Å². The number of allylic oxidation sites excluding steroid dienone is 1. The molecule has 0 saturated heterocycles. The van der Waals surface area contributed by atoms with Gasteiger partial charge in [-0.1, -0.05) is 24.3 Å². The van der Waals surface area contributed by atoms with Crippen LogP contribution in [-0.4, -0.2) is 33.9 Å². The number of halogens is 1. The van der Waals surface area contributed by atoms with Crippen molar-refractivity contribution in [2.75, 3.05) is 27.9 Å². The molecule has 0 fully saturated rings. The third-order valence-corrected chi connectivity index (χ3v) is 7.21. The smallest absolute Gasteiger partial charge is 0.343 e. The summed E-state index contributed by atoms with van der Waals surface area (Å²) in [5, 5.41) is 10.0. The van der Waals surface area contributed by atoms with Gasteiger partial charge >= 0.3 is 5.97 Å². The van der Waals surface area contributed by atoms with Gasteiger partial charge in [-0.05, 0) is 60.5 Å². The quantitative estimate of drug-likeness (QED) is 0.150. The van der Waals surface area contributed by atoms with E-state index < -0.39 is 11.9 Å². The highest BCUT2D eigenvalue weighted by Crippen LogP contribution is 2.45. The lowest BCUT2D eigenvalue weighted by Crippen LogP contribution is -2.21. The van der Waals surface area contributed by atoms with Gasteiger partial charge in [0.25, 0.3) is 0 Å². The molecule has 1 unspecified atom stereocenters. The van der Waals surface area contributed by atoms with E-state index in [2.05, 4.69) is 6.07 Å². The maximum atomic E-state index is 13.3. The van der Waals surface area contributed by atoms with Crippen LogP contribution in [-0.2, 0) is 6.61 Å². The summed E-state index contributed by atoms with van der Waals surface area (Å²) in [5.41, 5.74) is 8.71. The summed E-state index contributed by atoms with van der Waals surface area (Å²) < 4.78 is 52.7. The van der Waals surface area contributed by atoms with E-state index in [4.69, 9.17) is 38.9 Å². The summed E-state index contributed by atoms with van der Waals surface area (Å²) in [6.45, 7) is 2.41. The van der Waals surface area contributed by atoms with Crippen molar-refractivity contribution in [2.45, 2.75) is 19.4 Å². The molecule has 236 valence electrons. The number of nitriles is 1. The monoisotopic (exact) mass is 626 g/mol. The minimum absolute atomic E-state index is 0.0808. The van der Waals surface area contributed by atoms with Crippen LogP contribution in [0.25, 0.3) is 0 Å². The SMILES string of the molecule is CCOc1cc(C2C(C#N)=C(N)Oc3cc(OC(=O)c4cc(OC)c(OC)c(OC)c4)ccc32)ccc1OCc1ccc(F)cc1. The Morgan fingerprint density at radius 3 is 2.24 bits per heavy atom. The van der Waals surface area contributed by atoms with E-state index in [0.29, 0.717) is 52.2 Å². The Morgan fingerprint density at radius 1 is 0.891 bits per heavy atom. The van der Waals surface area contributed by atoms with Crippen molar-refractivity contribution in [1.82, 2.24) is 0 Å². The summed E-state index contributed by atoms with van der Waals surface area (Å²) >= 11 is 0. The first-order valence-corrected chi connectivity index (χ1v) is 14.2. The minimum atomic E-state index is -0.676. The Balaban J connectivity index is 1.44. The Morgan fingerprint density at radius 2 is 1.61 bits per heavy atom. The van der Waals surface area contributed by atoms with Crippen LogP contribution >= 0.6 is 0 Å². The first-order valence-electron chi connectivity index (χ1n) is 14.2. The van der Waals surface area contributed by atoms with Crippen molar-refractivity contribution in [3.05, 3.63) is 112 Å². The molecule has 1 aliphatic rings. The summed E-state index contributed by atoms with van der Waals surface area (Å²) in [6.07, 6.45) is 0. The Labute approximate surface area is 265 Å². The molecule has 10 nitrogen and oxygen atoms in total. The Bertz CT molecular complexity index is 1810. The number of nitrogens with two attached hydrogens (primary N) is 1. The first-order chi connectivity index (χ1) is 22.3. The molecule has 0 amide bonds. The van der Waals surface area contributed by atoms with Crippen LogP contribution in [0, 0.1) is 17.1 Å². The van der Waals surface area contributed by atoms with E-state index in [0.717, 1.165) is 5.56 Å². The number of carbonyl (C=O) groups excluding carboxylic acids is 1. The predicted octanol–water partition coefficient (Wildman–Crippen LogP) is 6.27. The van der Waals surface area contributed by atoms with Crippen LogP contribution in [0.4, 0.5) is 4.39 Å². The van der Waals surface area contributed by atoms with Gasteiger partial charge in [0.2, 0.25) is 11.6 Å². The molecule has 4 aromatic rings. The number of methoxy groups -OCH3 is 3. The normalized spacial score (nSPS) is 13.5. The fourth-order valence-electron chi connectivity index (χ4n) is 5.04. The third-order valence-electron chi connectivity index (χ3n) is 7.21. The zero-order valence-electron chi connectivity index (χ0n) is 25.6. The molecular weight excluding hydrogens is 595 g/mol. The number of fused-ring (bicyclic) bond motifs is 1. The third kappa shape index (κ3) is 6.46. The molecule has 0 spiro atoms. The molecule has 4 aromatic carbocycles. The van der Waals surface area contributed by atoms with Crippen molar-refractivity contribution in [1.29, 1.82) is 5.26 Å². The number of hydrogen-bond acceptors (Lipinski definition) is 10. The van der Waals surface area contributed by atoms with Crippen molar-refractivity contribution < 1.29 is 42.3 Å². The van der Waals surface area contributed by atoms with Crippen molar-refractivity contribution in [3.63, 3.8) is 0 Å². The molecule has 1 heterocycles. The maximum Gasteiger partial charge on any atom is 0.343 e. The first kappa shape index (κ1) is 31.5. The summed E-state index contributed by atoms with van der Waals surface area (Å²) in [4.78, 5) is 13.1. The second kappa shape index (κ2) is 13.8. The van der Waals surface area contributed by atoms with E-state index in [1.165, 1.54) is 51.7 Å². The Kier molecular flexibility index (Phi) is 9.47. The zero-order chi connectivity index (χ0) is 32.8. The van der Waals surface area contributed by atoms with E-state index in [1.807, 2.05) is 13.0 Å². The van der Waals surface area contributed by atoms with Crippen LogP contribution in [0.5, 0.6) is 40.2 Å². The number of nitrogens with zero attached hydrogens (tertiary/aromatic N) is 1. The van der Waals surface area contributed by atoms with Gasteiger partial charge in [-0.25, -0.2) is 9.18 Å². The molecule has 0 bridgehead atoms. The molecular formula is C35H31FN2O8. The maximum absolute atomic E-state index is 13.3. The molecule has 1 atom stereocenters. The highest BCUT2D eigenvalue weighted by Gasteiger charge is 2.32. The molecule has 46 heavy (non-hydrogen) atoms. The fraction of sp³-hybridized carbons (Fsp3) is 0.200. The second-order valence-electron chi connectivity index (χ2n) is 9.98. The number of ether oxygens (including phenoxy) is 7. The number of carbonyl (C=O) groups is 1. The van der Waals surface area contributed by atoms with Gasteiger partial charge in [0.05, 0.1) is 39.4 Å². The minimum Gasteiger partial charge on any atom is -0.493 e. The van der Waals surface area contributed by atoms with Gasteiger partial charge in [0.1, 0.15) is 35.6 Å². The van der Waals surface area contributed by atoms with Crippen molar-refractivity contribution in [3.8, 4) is 46.3 Å². The highest BCUT2D eigenvalue weighted by atomic mass is 19.1. The number of hydrogen-bond donors (Lipinski definition) is 1. The average Bonchev–Trinajstić information content (AvgIpc) is 3.07. The number of esters is 1. The lowest BCUT2D eigenvalue weighted by atomic mass is 9.83. The van der Waals surface area contributed by atoms with Crippen LogP contribution in [0.1, 0.15) is 39.9 Å². The van der Waals surface area contributed by atoms with Gasteiger partial charge in [0, 0.05) is 11.6 Å². The second-order valence-corrected chi connectivity index (χ2v) is 9.98. The van der Waals surface area contributed by atoms with Gasteiger partial charge in [-0.15, -0.1) is 0 Å². The molecule has 11 heteroatoms. The van der Waals surface area contributed by atoms with E-state index >= 15 is 0 Å². The van der Waals surface area contributed by atoms with Crippen LogP contribution in [0.2, 0.25) is 0 Å². The number of benzene rings is 4. The fourth-order valence-corrected chi connectivity index (χ4v) is 5.04. The summed E-state index contributed by atoms with van der Waals surface area (Å²) in [5.74, 6) is 0.668. The van der Waals surface area contributed by atoms with Gasteiger partial charge in [0.15, 0.2) is 23.0 Å². The summed E-state index contributed by atoms with van der Waals surface area (Å²) in [6, 6.07) is 21.3. The molecule has 0 saturated carbocycles. The van der Waals surface area contributed by atoms with E-state index in [1.54, 1.807) is 36.4 Å². The molecule has 0 aliphatic carbocycles. The standard InChI is InChI=1S/C35H31FN2O8/c1-5-43-29-14-21(8-13-27(29)44-19-20-6-9-23(36)10-7-20)32-25-12-11-24(17-28(25)46-34(38)26(32)18-37)45-35(39)22-15-30(40-2)33(42-4)31(16-22)41-3/h6-17,32H,5,19,38H2,1-4H3. The van der Waals surface area contributed by atoms with Crippen molar-refractivity contribution >= 4 is 5.97 Å². The lowest BCUT2D eigenvalue weighted by molar-refractivity contribution is 0.0733. The number of rotatable bonds is 11. The molecule has 0 aromatic heterocycles. The van der Waals surface area contributed by atoms with Crippen molar-refractivity contribution in [2.24, 2.45) is 5.73 Å². The topological polar surface area (TPSA) is 131 Å². The van der Waals surface area contributed by atoms with Gasteiger partial charge in [-0.3, -0.25) is 0 Å². The van der Waals surface area contributed by atoms with Crippen LogP contribution in [0.3, 0.4) is 0 Å². The van der Waals surface area contributed by atoms with Gasteiger partial charge in [-0.2, -0.15) is 5.26 Å². The average molecular weight is 627 g/mol. The molecule has 2 N–H and O–H groups in total. The predicted molar refractivity (Wildman–Crippen MR) is 165 cm³/mol. The zero-order valence-corrected chi connectivity index (χ0v) is 25.6. The molecule has 5 rings (SSSR count). The molecule has 0 radical (unpaired) electrons. The lowest BCUT2D eigenvalue weighted by Gasteiger charge is -2.27. The largest absolute Gasteiger partial charge is 0.493 e. The van der Waals surface area contributed by atoms with Crippen LogP contribution < -0.4 is 38.9 Å². The van der Waals surface area contributed by atoms with E-state index in [-0.39, 0.29) is 35.2 Å². The van der Waals surface area contributed by atoms with Gasteiger partial charge < -0.3 is 38.9 Å². The molecule has 1 aliphatic heterocycles. The summed E-state index contributed by atoms with van der Waals surface area (Å²) in [7, 11) is 4.36. The van der Waals surface area contributed by atoms with Crippen LogP contribution in [0.15, 0.2) is 84.3 Å².